The molecule has 0 bridgehead atoms. The number of carbonyl (C=O) groups excluding carboxylic acids is 1. The standard InChI is InChI=1S/C11H15NO2/c1-7(2)9-5-4-8(3)10(6-12-14)11(9)13/h4-7,9,14H,1-3H3. The van der Waals surface area contributed by atoms with Crippen molar-refractivity contribution in [2.75, 3.05) is 0 Å². The van der Waals surface area contributed by atoms with E-state index in [0.717, 1.165) is 5.57 Å². The van der Waals surface area contributed by atoms with Crippen molar-refractivity contribution in [3.63, 3.8) is 0 Å². The van der Waals surface area contributed by atoms with Crippen LogP contribution in [-0.4, -0.2) is 17.2 Å². The lowest BCUT2D eigenvalue weighted by Gasteiger charge is -2.20. The predicted octanol–water partition coefficient (Wildman–Crippen LogP) is 2.17. The third-order valence-corrected chi connectivity index (χ3v) is 2.45. The highest BCUT2D eigenvalue weighted by Crippen LogP contribution is 2.24. The minimum absolute atomic E-state index is 0.0396. The van der Waals surface area contributed by atoms with Crippen LogP contribution in [0.2, 0.25) is 0 Å². The molecule has 0 saturated carbocycles. The van der Waals surface area contributed by atoms with Crippen LogP contribution in [0.5, 0.6) is 0 Å². The zero-order valence-corrected chi connectivity index (χ0v) is 8.69. The van der Waals surface area contributed by atoms with Crippen molar-refractivity contribution in [3.05, 3.63) is 23.3 Å². The summed E-state index contributed by atoms with van der Waals surface area (Å²) in [5, 5.41) is 11.4. The molecule has 1 aliphatic rings. The first-order valence-corrected chi connectivity index (χ1v) is 4.68. The molecule has 0 radical (unpaired) electrons. The molecule has 3 nitrogen and oxygen atoms in total. The van der Waals surface area contributed by atoms with Gasteiger partial charge < -0.3 is 5.21 Å². The predicted molar refractivity (Wildman–Crippen MR) is 55.5 cm³/mol. The minimum atomic E-state index is -0.0910. The van der Waals surface area contributed by atoms with Crippen molar-refractivity contribution < 1.29 is 10.0 Å². The Bertz CT molecular complexity index is 324. The number of ketones is 1. The van der Waals surface area contributed by atoms with Gasteiger partial charge in [-0.1, -0.05) is 31.2 Å². The molecule has 1 rings (SSSR count). The summed E-state index contributed by atoms with van der Waals surface area (Å²) in [4.78, 5) is 11.9. The Kier molecular flexibility index (Phi) is 3.23. The van der Waals surface area contributed by atoms with Gasteiger partial charge in [-0.15, -0.1) is 0 Å². The van der Waals surface area contributed by atoms with Crippen LogP contribution in [0, 0.1) is 11.8 Å². The third-order valence-electron chi connectivity index (χ3n) is 2.45. The van der Waals surface area contributed by atoms with Gasteiger partial charge in [-0.3, -0.25) is 4.79 Å². The van der Waals surface area contributed by atoms with E-state index < -0.39 is 0 Å². The topological polar surface area (TPSA) is 49.7 Å². The second-order valence-electron chi connectivity index (χ2n) is 3.83. The number of allylic oxidation sites excluding steroid dienone is 4. The lowest BCUT2D eigenvalue weighted by Crippen LogP contribution is -2.24. The number of oxime groups is 1. The number of hydrogen-bond acceptors (Lipinski definition) is 3. The first-order chi connectivity index (χ1) is 6.57. The van der Waals surface area contributed by atoms with Gasteiger partial charge in [0.15, 0.2) is 5.78 Å². The van der Waals surface area contributed by atoms with Gasteiger partial charge in [0.05, 0.1) is 6.21 Å². The van der Waals surface area contributed by atoms with E-state index in [2.05, 4.69) is 5.16 Å². The molecule has 3 heteroatoms. The Morgan fingerprint density at radius 3 is 2.71 bits per heavy atom. The largest absolute Gasteiger partial charge is 0.411 e. The second kappa shape index (κ2) is 4.22. The molecule has 76 valence electrons. The molecule has 1 unspecified atom stereocenters. The molecule has 0 spiro atoms. The Balaban J connectivity index is 3.03. The normalized spacial score (nSPS) is 22.9. The van der Waals surface area contributed by atoms with Crippen LogP contribution in [0.3, 0.4) is 0 Å². The molecule has 0 aromatic heterocycles. The van der Waals surface area contributed by atoms with Crippen LogP contribution < -0.4 is 0 Å². The molecule has 0 amide bonds. The Morgan fingerprint density at radius 2 is 2.21 bits per heavy atom. The van der Waals surface area contributed by atoms with Crippen molar-refractivity contribution in [1.29, 1.82) is 0 Å². The van der Waals surface area contributed by atoms with Gasteiger partial charge >= 0.3 is 0 Å². The van der Waals surface area contributed by atoms with E-state index in [4.69, 9.17) is 5.21 Å². The maximum absolute atomic E-state index is 11.9. The van der Waals surface area contributed by atoms with Crippen LogP contribution in [-0.2, 0) is 4.79 Å². The summed E-state index contributed by atoms with van der Waals surface area (Å²) < 4.78 is 0. The van der Waals surface area contributed by atoms with Gasteiger partial charge in [0.2, 0.25) is 0 Å². The van der Waals surface area contributed by atoms with E-state index in [-0.39, 0.29) is 17.6 Å². The summed E-state index contributed by atoms with van der Waals surface area (Å²) in [6.45, 7) is 5.84. The first kappa shape index (κ1) is 10.7. The fourth-order valence-corrected chi connectivity index (χ4v) is 1.55. The molecule has 1 atom stereocenters. The van der Waals surface area contributed by atoms with E-state index in [0.29, 0.717) is 5.57 Å². The van der Waals surface area contributed by atoms with Gasteiger partial charge in [-0.2, -0.15) is 0 Å². The maximum Gasteiger partial charge on any atom is 0.171 e. The molecule has 0 aromatic rings. The summed E-state index contributed by atoms with van der Waals surface area (Å²) in [5.74, 6) is 0.221. The molecule has 14 heavy (non-hydrogen) atoms. The average Bonchev–Trinajstić information content (AvgIpc) is 2.11. The van der Waals surface area contributed by atoms with Crippen LogP contribution in [0.4, 0.5) is 0 Å². The Hall–Kier alpha value is -1.38. The molecular weight excluding hydrogens is 178 g/mol. The molecule has 1 N–H and O–H groups in total. The van der Waals surface area contributed by atoms with Crippen molar-refractivity contribution in [1.82, 2.24) is 0 Å². The minimum Gasteiger partial charge on any atom is -0.411 e. The molecule has 0 heterocycles. The highest BCUT2D eigenvalue weighted by molar-refractivity contribution is 6.16. The molecule has 0 saturated heterocycles. The van der Waals surface area contributed by atoms with Gasteiger partial charge in [0.1, 0.15) is 0 Å². The Morgan fingerprint density at radius 1 is 1.57 bits per heavy atom. The van der Waals surface area contributed by atoms with Crippen LogP contribution >= 0.6 is 0 Å². The molecular formula is C11H15NO2. The summed E-state index contributed by atoms with van der Waals surface area (Å²) in [6, 6.07) is 0. The van der Waals surface area contributed by atoms with E-state index >= 15 is 0 Å². The summed E-state index contributed by atoms with van der Waals surface area (Å²) in [6.07, 6.45) is 5.04. The zero-order valence-electron chi connectivity index (χ0n) is 8.69. The molecule has 0 aliphatic heterocycles. The monoisotopic (exact) mass is 193 g/mol. The van der Waals surface area contributed by atoms with E-state index in [1.807, 2.05) is 32.9 Å². The fraction of sp³-hybridized carbons (Fsp3) is 0.455. The quantitative estimate of drug-likeness (QED) is 0.415. The van der Waals surface area contributed by atoms with Crippen LogP contribution in [0.1, 0.15) is 20.8 Å². The average molecular weight is 193 g/mol. The fourth-order valence-electron chi connectivity index (χ4n) is 1.55. The number of rotatable bonds is 2. The third kappa shape index (κ3) is 1.92. The van der Waals surface area contributed by atoms with Crippen molar-refractivity contribution in [3.8, 4) is 0 Å². The van der Waals surface area contributed by atoms with Gasteiger partial charge in [0.25, 0.3) is 0 Å². The van der Waals surface area contributed by atoms with E-state index in [9.17, 15) is 4.79 Å². The van der Waals surface area contributed by atoms with Crippen molar-refractivity contribution in [2.24, 2.45) is 17.0 Å². The summed E-state index contributed by atoms with van der Waals surface area (Å²) >= 11 is 0. The van der Waals surface area contributed by atoms with Crippen molar-refractivity contribution >= 4 is 12.0 Å². The molecule has 1 aliphatic carbocycles. The number of carbonyl (C=O) groups is 1. The summed E-state index contributed by atoms with van der Waals surface area (Å²) in [5.41, 5.74) is 1.36. The van der Waals surface area contributed by atoms with Gasteiger partial charge in [-0.25, -0.2) is 0 Å². The van der Waals surface area contributed by atoms with Gasteiger partial charge in [0, 0.05) is 11.5 Å². The number of Topliss-reactive ketones (excluding diaryl/α,β-unsaturated/α-hetero) is 1. The lowest BCUT2D eigenvalue weighted by atomic mass is 9.82. The maximum atomic E-state index is 11.9. The molecule has 0 fully saturated rings. The van der Waals surface area contributed by atoms with Crippen molar-refractivity contribution in [2.45, 2.75) is 20.8 Å². The lowest BCUT2D eigenvalue weighted by molar-refractivity contribution is -0.118. The Labute approximate surface area is 83.8 Å². The van der Waals surface area contributed by atoms with Crippen LogP contribution in [0.25, 0.3) is 0 Å². The van der Waals surface area contributed by atoms with Gasteiger partial charge in [-0.05, 0) is 18.4 Å². The van der Waals surface area contributed by atoms with Crippen LogP contribution in [0.15, 0.2) is 28.5 Å². The zero-order chi connectivity index (χ0) is 10.7. The first-order valence-electron chi connectivity index (χ1n) is 4.68. The highest BCUT2D eigenvalue weighted by Gasteiger charge is 2.25. The SMILES string of the molecule is CC1=C(C=NO)C(=O)C(C(C)C)C=C1. The highest BCUT2D eigenvalue weighted by atomic mass is 16.4. The smallest absolute Gasteiger partial charge is 0.171 e. The molecule has 0 aromatic carbocycles. The van der Waals surface area contributed by atoms with E-state index in [1.54, 1.807) is 0 Å². The summed E-state index contributed by atoms with van der Waals surface area (Å²) in [7, 11) is 0. The second-order valence-corrected chi connectivity index (χ2v) is 3.83. The number of hydrogen-bond donors (Lipinski definition) is 1. The number of nitrogens with zero attached hydrogens (tertiary/aromatic N) is 1. The van der Waals surface area contributed by atoms with E-state index in [1.165, 1.54) is 6.21 Å².